The first-order valence-corrected chi connectivity index (χ1v) is 11.5. The number of esters is 2. The first-order valence-electron chi connectivity index (χ1n) is 11.5. The minimum absolute atomic E-state index is 0.0141. The zero-order chi connectivity index (χ0) is 24.8. The standard InChI is InChI=1S/C16H22O3.C12H14O2/c1-11(12(2)15(18)19-16(3,4)5)14(17)13-9-7-6-8-10-13;1-8-9(2)12(13)14-11(8)10-6-4-3-5-7-10/h6-12H,1-5H3;3-9,11H,1-2H3/t11-,12-;8-,9-,11?/m00/s1. The number of benzene rings is 2. The molecule has 1 aliphatic heterocycles. The predicted octanol–water partition coefficient (Wildman–Crippen LogP) is 6.04. The summed E-state index contributed by atoms with van der Waals surface area (Å²) in [4.78, 5) is 35.6. The second kappa shape index (κ2) is 11.3. The van der Waals surface area contributed by atoms with Crippen molar-refractivity contribution in [3.05, 3.63) is 71.8 Å². The summed E-state index contributed by atoms with van der Waals surface area (Å²) in [6.45, 7) is 13.0. The molecule has 3 rings (SSSR count). The first kappa shape index (κ1) is 26.3. The molecular weight excluding hydrogens is 416 g/mol. The molecule has 1 heterocycles. The van der Waals surface area contributed by atoms with Gasteiger partial charge in [0.15, 0.2) is 5.78 Å². The van der Waals surface area contributed by atoms with Gasteiger partial charge in [0, 0.05) is 17.4 Å². The molecule has 0 bridgehead atoms. The van der Waals surface area contributed by atoms with Crippen LogP contribution in [0.3, 0.4) is 0 Å². The lowest BCUT2D eigenvalue weighted by atomic mass is 9.88. The highest BCUT2D eigenvalue weighted by Crippen LogP contribution is 2.38. The molecule has 0 radical (unpaired) electrons. The summed E-state index contributed by atoms with van der Waals surface area (Å²) < 4.78 is 10.6. The van der Waals surface area contributed by atoms with Crippen LogP contribution in [0.15, 0.2) is 60.7 Å². The lowest BCUT2D eigenvalue weighted by Crippen LogP contribution is -2.32. The third kappa shape index (κ3) is 7.28. The van der Waals surface area contributed by atoms with E-state index in [2.05, 4.69) is 6.92 Å². The molecule has 0 aliphatic carbocycles. The molecule has 1 unspecified atom stereocenters. The molecule has 5 atom stereocenters. The quantitative estimate of drug-likeness (QED) is 0.409. The summed E-state index contributed by atoms with van der Waals surface area (Å²) in [6, 6.07) is 18.9. The van der Waals surface area contributed by atoms with Crippen molar-refractivity contribution in [3.8, 4) is 0 Å². The highest BCUT2D eigenvalue weighted by atomic mass is 16.6. The van der Waals surface area contributed by atoms with Crippen LogP contribution in [0.25, 0.3) is 0 Å². The summed E-state index contributed by atoms with van der Waals surface area (Å²) >= 11 is 0. The largest absolute Gasteiger partial charge is 0.460 e. The van der Waals surface area contributed by atoms with Gasteiger partial charge in [0.2, 0.25) is 0 Å². The number of ether oxygens (including phenoxy) is 2. The van der Waals surface area contributed by atoms with Crippen molar-refractivity contribution >= 4 is 17.7 Å². The van der Waals surface area contributed by atoms with E-state index in [1.54, 1.807) is 26.0 Å². The minimum atomic E-state index is -0.527. The molecule has 1 saturated heterocycles. The molecule has 33 heavy (non-hydrogen) atoms. The minimum Gasteiger partial charge on any atom is -0.460 e. The summed E-state index contributed by atoms with van der Waals surface area (Å²) in [5.74, 6) is -0.996. The molecule has 1 aliphatic rings. The second-order valence-electron chi connectivity index (χ2n) is 9.76. The fraction of sp³-hybridized carbons (Fsp3) is 0.464. The fourth-order valence-corrected chi connectivity index (χ4v) is 3.52. The molecule has 2 aromatic rings. The van der Waals surface area contributed by atoms with Gasteiger partial charge in [0.05, 0.1) is 11.8 Å². The average Bonchev–Trinajstić information content (AvgIpc) is 3.05. The van der Waals surface area contributed by atoms with E-state index in [-0.39, 0.29) is 35.7 Å². The van der Waals surface area contributed by atoms with Gasteiger partial charge in [0.1, 0.15) is 11.7 Å². The van der Waals surface area contributed by atoms with Crippen LogP contribution >= 0.6 is 0 Å². The highest BCUT2D eigenvalue weighted by molar-refractivity contribution is 5.99. The molecule has 2 aromatic carbocycles. The number of cyclic esters (lactones) is 1. The second-order valence-corrected chi connectivity index (χ2v) is 9.76. The van der Waals surface area contributed by atoms with E-state index in [1.165, 1.54) is 0 Å². The summed E-state index contributed by atoms with van der Waals surface area (Å²) in [7, 11) is 0. The average molecular weight is 453 g/mol. The third-order valence-corrected chi connectivity index (χ3v) is 6.01. The molecule has 0 spiro atoms. The van der Waals surface area contributed by atoms with Crippen LogP contribution in [0.1, 0.15) is 70.5 Å². The van der Waals surface area contributed by atoms with Crippen LogP contribution in [-0.4, -0.2) is 23.3 Å². The summed E-state index contributed by atoms with van der Waals surface area (Å²) in [5, 5.41) is 0. The van der Waals surface area contributed by atoms with E-state index in [1.807, 2.05) is 76.2 Å². The molecule has 1 fully saturated rings. The number of hydrogen-bond donors (Lipinski definition) is 0. The Balaban J connectivity index is 0.000000243. The monoisotopic (exact) mass is 452 g/mol. The van der Waals surface area contributed by atoms with Gasteiger partial charge >= 0.3 is 11.9 Å². The van der Waals surface area contributed by atoms with Crippen LogP contribution in [0.2, 0.25) is 0 Å². The zero-order valence-corrected chi connectivity index (χ0v) is 20.7. The first-order chi connectivity index (χ1) is 15.4. The van der Waals surface area contributed by atoms with Gasteiger partial charge in [-0.1, -0.05) is 88.4 Å². The van der Waals surface area contributed by atoms with Crippen LogP contribution in [0, 0.1) is 23.7 Å². The van der Waals surface area contributed by atoms with Gasteiger partial charge < -0.3 is 9.47 Å². The van der Waals surface area contributed by atoms with Crippen LogP contribution in [0.5, 0.6) is 0 Å². The number of carbonyl (C=O) groups excluding carboxylic acids is 3. The lowest BCUT2D eigenvalue weighted by Gasteiger charge is -2.24. The normalized spacial score (nSPS) is 21.8. The fourth-order valence-electron chi connectivity index (χ4n) is 3.52. The number of carbonyl (C=O) groups is 3. The molecule has 0 N–H and O–H groups in total. The number of hydrogen-bond acceptors (Lipinski definition) is 5. The maximum atomic E-state index is 12.2. The van der Waals surface area contributed by atoms with Gasteiger partial charge in [-0.2, -0.15) is 0 Å². The van der Waals surface area contributed by atoms with Crippen molar-refractivity contribution in [2.45, 2.75) is 60.2 Å². The Bertz CT molecular complexity index is 930. The van der Waals surface area contributed by atoms with E-state index < -0.39 is 17.4 Å². The van der Waals surface area contributed by atoms with Crippen molar-refractivity contribution in [1.29, 1.82) is 0 Å². The SMILES string of the molecule is C[C@@H]1C(=O)OC(c2ccccc2)[C@H]1C.C[C@H](C(=O)OC(C)(C)C)[C@H](C)C(=O)c1ccccc1. The van der Waals surface area contributed by atoms with Crippen molar-refractivity contribution in [2.75, 3.05) is 0 Å². The molecule has 5 heteroatoms. The van der Waals surface area contributed by atoms with Crippen molar-refractivity contribution in [2.24, 2.45) is 23.7 Å². The van der Waals surface area contributed by atoms with Gasteiger partial charge in [-0.25, -0.2) is 0 Å². The Morgan fingerprint density at radius 2 is 1.39 bits per heavy atom. The van der Waals surface area contributed by atoms with Crippen LogP contribution < -0.4 is 0 Å². The molecule has 0 amide bonds. The zero-order valence-electron chi connectivity index (χ0n) is 20.7. The predicted molar refractivity (Wildman–Crippen MR) is 129 cm³/mol. The Labute approximate surface area is 197 Å². The number of Topliss-reactive ketones (excluding diaryl/α,β-unsaturated/α-hetero) is 1. The van der Waals surface area contributed by atoms with E-state index in [4.69, 9.17) is 9.47 Å². The van der Waals surface area contributed by atoms with Gasteiger partial charge in [-0.05, 0) is 26.3 Å². The van der Waals surface area contributed by atoms with Crippen molar-refractivity contribution in [1.82, 2.24) is 0 Å². The van der Waals surface area contributed by atoms with E-state index in [9.17, 15) is 14.4 Å². The van der Waals surface area contributed by atoms with E-state index in [0.717, 1.165) is 5.56 Å². The molecule has 5 nitrogen and oxygen atoms in total. The van der Waals surface area contributed by atoms with Crippen molar-refractivity contribution in [3.63, 3.8) is 0 Å². The highest BCUT2D eigenvalue weighted by Gasteiger charge is 2.39. The van der Waals surface area contributed by atoms with E-state index in [0.29, 0.717) is 5.56 Å². The van der Waals surface area contributed by atoms with Gasteiger partial charge in [-0.15, -0.1) is 0 Å². The number of ketones is 1. The molecule has 0 saturated carbocycles. The maximum Gasteiger partial charge on any atom is 0.309 e. The topological polar surface area (TPSA) is 69.7 Å². The van der Waals surface area contributed by atoms with Crippen LogP contribution in [0.4, 0.5) is 0 Å². The number of rotatable bonds is 5. The summed E-state index contributed by atoms with van der Waals surface area (Å²) in [5.41, 5.74) is 1.20. The Morgan fingerprint density at radius 1 is 0.879 bits per heavy atom. The van der Waals surface area contributed by atoms with Gasteiger partial charge in [0.25, 0.3) is 0 Å². The third-order valence-electron chi connectivity index (χ3n) is 6.01. The van der Waals surface area contributed by atoms with Crippen molar-refractivity contribution < 1.29 is 23.9 Å². The van der Waals surface area contributed by atoms with Gasteiger partial charge in [-0.3, -0.25) is 14.4 Å². The van der Waals surface area contributed by atoms with Crippen LogP contribution in [-0.2, 0) is 19.1 Å². The Hall–Kier alpha value is -2.95. The lowest BCUT2D eigenvalue weighted by molar-refractivity contribution is -0.160. The van der Waals surface area contributed by atoms with E-state index >= 15 is 0 Å². The smallest absolute Gasteiger partial charge is 0.309 e. The molecule has 178 valence electrons. The molecular formula is C28H36O5. The molecule has 0 aromatic heterocycles. The Morgan fingerprint density at radius 3 is 1.85 bits per heavy atom. The maximum absolute atomic E-state index is 12.2. The summed E-state index contributed by atoms with van der Waals surface area (Å²) in [6.07, 6.45) is -0.0568. The Kier molecular flexibility index (Phi) is 8.98.